The van der Waals surface area contributed by atoms with E-state index in [1.807, 2.05) is 51.1 Å². The van der Waals surface area contributed by atoms with Gasteiger partial charge < -0.3 is 30.7 Å². The van der Waals surface area contributed by atoms with E-state index in [1.54, 1.807) is 0 Å². The normalized spacial score (nSPS) is 21.6. The number of piperidine rings is 1. The highest BCUT2D eigenvalue weighted by Crippen LogP contribution is 2.30. The van der Waals surface area contributed by atoms with Crippen molar-refractivity contribution in [1.29, 1.82) is 0 Å². The SMILES string of the molecule is CC(C)(C)OC(=O)NC[C@H]1CC[C@H](CNC(=O)c2cc(N3CCC(CCN4CC(NC(=O)O)C4)CC3)nc3ccccc23)CC1. The number of para-hydroxylation sites is 1. The lowest BCUT2D eigenvalue weighted by Gasteiger charge is -2.40. The Labute approximate surface area is 266 Å². The fourth-order valence-corrected chi connectivity index (χ4v) is 6.86. The highest BCUT2D eigenvalue weighted by molar-refractivity contribution is 6.07. The summed E-state index contributed by atoms with van der Waals surface area (Å²) in [4.78, 5) is 45.9. The van der Waals surface area contributed by atoms with Crippen LogP contribution in [0.3, 0.4) is 0 Å². The molecule has 2 aliphatic heterocycles. The molecule has 3 heterocycles. The number of pyridine rings is 1. The van der Waals surface area contributed by atoms with Crippen LogP contribution in [0.15, 0.2) is 30.3 Å². The number of ether oxygens (including phenoxy) is 1. The van der Waals surface area contributed by atoms with Crippen LogP contribution in [0.5, 0.6) is 0 Å². The van der Waals surface area contributed by atoms with Crippen molar-refractivity contribution in [2.24, 2.45) is 17.8 Å². The fraction of sp³-hybridized carbons (Fsp3) is 0.647. The zero-order chi connectivity index (χ0) is 32.0. The predicted octanol–water partition coefficient (Wildman–Crippen LogP) is 4.85. The van der Waals surface area contributed by atoms with Crippen molar-refractivity contribution in [3.05, 3.63) is 35.9 Å². The van der Waals surface area contributed by atoms with Crippen LogP contribution in [0.25, 0.3) is 10.9 Å². The maximum atomic E-state index is 13.5. The highest BCUT2D eigenvalue weighted by Gasteiger charge is 2.29. The maximum Gasteiger partial charge on any atom is 0.407 e. The summed E-state index contributed by atoms with van der Waals surface area (Å²) in [6.45, 7) is 11.3. The topological polar surface area (TPSA) is 136 Å². The molecule has 1 aromatic carbocycles. The first-order chi connectivity index (χ1) is 21.5. The Balaban J connectivity index is 1.09. The van der Waals surface area contributed by atoms with Gasteiger partial charge >= 0.3 is 12.2 Å². The van der Waals surface area contributed by atoms with Crippen LogP contribution in [0, 0.1) is 17.8 Å². The molecule has 4 N–H and O–H groups in total. The summed E-state index contributed by atoms with van der Waals surface area (Å²) < 4.78 is 5.35. The van der Waals surface area contributed by atoms with Gasteiger partial charge in [0.05, 0.1) is 17.1 Å². The van der Waals surface area contributed by atoms with Crippen molar-refractivity contribution < 1.29 is 24.2 Å². The molecule has 11 nitrogen and oxygen atoms in total. The van der Waals surface area contributed by atoms with Crippen LogP contribution in [-0.2, 0) is 4.74 Å². The number of hydrogen-bond acceptors (Lipinski definition) is 7. The van der Waals surface area contributed by atoms with Gasteiger partial charge in [-0.05, 0) is 102 Å². The third-order valence-corrected chi connectivity index (χ3v) is 9.48. The number of amides is 3. The first-order valence-corrected chi connectivity index (χ1v) is 16.6. The first-order valence-electron chi connectivity index (χ1n) is 16.6. The van der Waals surface area contributed by atoms with Gasteiger partial charge in [-0.25, -0.2) is 14.6 Å². The van der Waals surface area contributed by atoms with Crippen LogP contribution in [0.2, 0.25) is 0 Å². The zero-order valence-electron chi connectivity index (χ0n) is 27.0. The number of carboxylic acid groups (broad SMARTS) is 1. The molecule has 3 amide bonds. The average molecular weight is 623 g/mol. The number of nitrogens with zero attached hydrogens (tertiary/aromatic N) is 3. The van der Waals surface area contributed by atoms with Crippen LogP contribution in [0.1, 0.15) is 76.1 Å². The molecule has 0 bridgehead atoms. The molecule has 2 aromatic rings. The van der Waals surface area contributed by atoms with Gasteiger partial charge in [0.2, 0.25) is 0 Å². The Kier molecular flexibility index (Phi) is 10.7. The minimum atomic E-state index is -0.944. The van der Waals surface area contributed by atoms with Gasteiger partial charge in [0, 0.05) is 44.7 Å². The maximum absolute atomic E-state index is 13.5. The second-order valence-electron chi connectivity index (χ2n) is 14.1. The number of aromatic nitrogens is 1. The number of fused-ring (bicyclic) bond motifs is 1. The number of rotatable bonds is 10. The third-order valence-electron chi connectivity index (χ3n) is 9.48. The molecule has 1 aliphatic carbocycles. The van der Waals surface area contributed by atoms with E-state index in [2.05, 4.69) is 25.8 Å². The quantitative estimate of drug-likeness (QED) is 0.295. The summed E-state index contributed by atoms with van der Waals surface area (Å²) in [7, 11) is 0. The average Bonchev–Trinajstić information content (AvgIpc) is 2.99. The van der Waals surface area contributed by atoms with Gasteiger partial charge in [-0.15, -0.1) is 0 Å². The third kappa shape index (κ3) is 9.45. The molecule has 0 radical (unpaired) electrons. The standard InChI is InChI=1S/C34H50N6O5/c1-34(2,3)45-33(44)36-20-25-10-8-24(9-11-25)19-35-31(41)28-18-30(38-29-7-5-4-6-27(28)29)40-16-13-23(14-17-40)12-15-39-21-26(22-39)37-32(42)43/h4-7,18,23-26,37H,8-17,19-22H2,1-3H3,(H,35,41)(H,36,44)(H,42,43)/t24-,25-. The van der Waals surface area contributed by atoms with E-state index in [-0.39, 0.29) is 18.0 Å². The van der Waals surface area contributed by atoms with E-state index >= 15 is 0 Å². The second-order valence-corrected chi connectivity index (χ2v) is 14.1. The molecule has 1 aromatic heterocycles. The molecule has 11 heteroatoms. The Morgan fingerprint density at radius 3 is 2.22 bits per heavy atom. The summed E-state index contributed by atoms with van der Waals surface area (Å²) in [6, 6.07) is 9.90. The van der Waals surface area contributed by atoms with Crippen molar-refractivity contribution in [3.8, 4) is 0 Å². The highest BCUT2D eigenvalue weighted by atomic mass is 16.6. The molecule has 3 fully saturated rings. The second kappa shape index (κ2) is 14.7. The smallest absolute Gasteiger partial charge is 0.407 e. The number of carbonyl (C=O) groups excluding carboxylic acids is 2. The number of hydrogen-bond donors (Lipinski definition) is 4. The van der Waals surface area contributed by atoms with Crippen molar-refractivity contribution in [2.75, 3.05) is 50.7 Å². The van der Waals surface area contributed by atoms with Crippen molar-refractivity contribution in [1.82, 2.24) is 25.8 Å². The lowest BCUT2D eigenvalue weighted by atomic mass is 9.82. The van der Waals surface area contributed by atoms with Gasteiger partial charge in [-0.3, -0.25) is 9.69 Å². The Morgan fingerprint density at radius 1 is 0.933 bits per heavy atom. The first kappa shape index (κ1) is 32.8. The summed E-state index contributed by atoms with van der Waals surface area (Å²) in [5.41, 5.74) is 1.01. The van der Waals surface area contributed by atoms with E-state index in [9.17, 15) is 14.4 Å². The van der Waals surface area contributed by atoms with Gasteiger partial charge in [0.1, 0.15) is 11.4 Å². The minimum Gasteiger partial charge on any atom is -0.465 e. The van der Waals surface area contributed by atoms with Crippen molar-refractivity contribution >= 4 is 34.8 Å². The Morgan fingerprint density at radius 2 is 1.58 bits per heavy atom. The van der Waals surface area contributed by atoms with Crippen LogP contribution in [0.4, 0.5) is 15.4 Å². The van der Waals surface area contributed by atoms with Crippen LogP contribution < -0.4 is 20.9 Å². The molecule has 2 saturated heterocycles. The van der Waals surface area contributed by atoms with Crippen molar-refractivity contribution in [3.63, 3.8) is 0 Å². The minimum absolute atomic E-state index is 0.0521. The molecular formula is C34H50N6O5. The predicted molar refractivity (Wildman–Crippen MR) is 175 cm³/mol. The lowest BCUT2D eigenvalue weighted by molar-refractivity contribution is 0.0512. The fourth-order valence-electron chi connectivity index (χ4n) is 6.86. The van der Waals surface area contributed by atoms with Crippen LogP contribution >= 0.6 is 0 Å². The van der Waals surface area contributed by atoms with Gasteiger partial charge in [-0.1, -0.05) is 18.2 Å². The number of benzene rings is 1. The number of nitrogens with one attached hydrogen (secondary N) is 3. The number of alkyl carbamates (subject to hydrolysis) is 1. The van der Waals surface area contributed by atoms with E-state index in [4.69, 9.17) is 14.8 Å². The Bertz CT molecular complexity index is 1320. The number of anilines is 1. The largest absolute Gasteiger partial charge is 0.465 e. The van der Waals surface area contributed by atoms with E-state index in [0.29, 0.717) is 36.4 Å². The van der Waals surface area contributed by atoms with E-state index < -0.39 is 11.7 Å². The zero-order valence-corrected chi connectivity index (χ0v) is 27.0. The van der Waals surface area contributed by atoms with E-state index in [1.165, 1.54) is 0 Å². The van der Waals surface area contributed by atoms with Crippen molar-refractivity contribution in [2.45, 2.75) is 77.4 Å². The molecule has 0 spiro atoms. The summed E-state index contributed by atoms with van der Waals surface area (Å²) in [5.74, 6) is 2.31. The molecule has 0 unspecified atom stereocenters. The summed E-state index contributed by atoms with van der Waals surface area (Å²) >= 11 is 0. The van der Waals surface area contributed by atoms with E-state index in [0.717, 1.165) is 94.4 Å². The molecule has 0 atom stereocenters. The molecule has 246 valence electrons. The monoisotopic (exact) mass is 622 g/mol. The van der Waals surface area contributed by atoms with Gasteiger partial charge in [0.25, 0.3) is 5.91 Å². The molecular weight excluding hydrogens is 572 g/mol. The molecule has 1 saturated carbocycles. The van der Waals surface area contributed by atoms with Crippen LogP contribution in [-0.4, -0.2) is 90.5 Å². The molecule has 3 aliphatic rings. The molecule has 5 rings (SSSR count). The number of carbonyl (C=O) groups is 3. The summed E-state index contributed by atoms with van der Waals surface area (Å²) in [5, 5.41) is 18.4. The molecule has 45 heavy (non-hydrogen) atoms. The summed E-state index contributed by atoms with van der Waals surface area (Å²) in [6.07, 6.45) is 6.07. The lowest BCUT2D eigenvalue weighted by Crippen LogP contribution is -2.59. The van der Waals surface area contributed by atoms with Gasteiger partial charge in [-0.2, -0.15) is 0 Å². The van der Waals surface area contributed by atoms with Gasteiger partial charge in [0.15, 0.2) is 0 Å². The number of likely N-dealkylation sites (tertiary alicyclic amines) is 1. The Hall–Kier alpha value is -3.60.